The number of amides is 1. The first kappa shape index (κ1) is 12.7. The topological polar surface area (TPSA) is 55.1 Å². The van der Waals surface area contributed by atoms with Crippen molar-refractivity contribution in [3.05, 3.63) is 29.8 Å². The molecule has 1 aromatic carbocycles. The first-order chi connectivity index (χ1) is 7.49. The van der Waals surface area contributed by atoms with Gasteiger partial charge >= 0.3 is 0 Å². The second-order valence-corrected chi connectivity index (χ2v) is 4.59. The Kier molecular flexibility index (Phi) is 4.50. The molecule has 0 aliphatic carbocycles. The molecule has 1 amide bonds. The third-order valence-corrected chi connectivity index (χ3v) is 2.38. The van der Waals surface area contributed by atoms with Crippen LogP contribution in [0.3, 0.4) is 0 Å². The third-order valence-electron chi connectivity index (χ3n) is 2.38. The van der Waals surface area contributed by atoms with Gasteiger partial charge in [0, 0.05) is 5.69 Å². The maximum atomic E-state index is 11.7. The van der Waals surface area contributed by atoms with Gasteiger partial charge in [0.1, 0.15) is 0 Å². The molecule has 0 radical (unpaired) electrons. The van der Waals surface area contributed by atoms with Gasteiger partial charge in [0.05, 0.1) is 6.04 Å². The number of hydrogen-bond donors (Lipinski definition) is 2. The van der Waals surface area contributed by atoms with Crippen molar-refractivity contribution in [1.29, 1.82) is 0 Å². The molecule has 3 N–H and O–H groups in total. The highest BCUT2D eigenvalue weighted by Gasteiger charge is 2.14. The lowest BCUT2D eigenvalue weighted by Gasteiger charge is -2.14. The first-order valence-electron chi connectivity index (χ1n) is 5.62. The summed E-state index contributed by atoms with van der Waals surface area (Å²) in [7, 11) is 0. The summed E-state index contributed by atoms with van der Waals surface area (Å²) in [4.78, 5) is 11.7. The van der Waals surface area contributed by atoms with Crippen molar-refractivity contribution in [1.82, 2.24) is 0 Å². The predicted molar refractivity (Wildman–Crippen MR) is 67.2 cm³/mol. The van der Waals surface area contributed by atoms with Gasteiger partial charge in [-0.05, 0) is 31.4 Å². The summed E-state index contributed by atoms with van der Waals surface area (Å²) >= 11 is 0. The fourth-order valence-electron chi connectivity index (χ4n) is 1.49. The quantitative estimate of drug-likeness (QED) is 0.818. The van der Waals surface area contributed by atoms with Gasteiger partial charge in [0.2, 0.25) is 5.91 Å². The molecule has 1 atom stereocenters. The van der Waals surface area contributed by atoms with Crippen LogP contribution in [0.4, 0.5) is 5.69 Å². The lowest BCUT2D eigenvalue weighted by atomic mass is 10.0. The van der Waals surface area contributed by atoms with E-state index in [1.807, 2.05) is 31.2 Å². The number of anilines is 1. The molecule has 0 fully saturated rings. The Morgan fingerprint density at radius 1 is 1.31 bits per heavy atom. The van der Waals surface area contributed by atoms with Gasteiger partial charge in [-0.2, -0.15) is 0 Å². The normalized spacial score (nSPS) is 12.6. The average molecular weight is 220 g/mol. The molecule has 1 rings (SSSR count). The van der Waals surface area contributed by atoms with Crippen LogP contribution in [0, 0.1) is 12.8 Å². The summed E-state index contributed by atoms with van der Waals surface area (Å²) in [5.74, 6) is 0.316. The number of carbonyl (C=O) groups is 1. The molecule has 0 aromatic heterocycles. The highest BCUT2D eigenvalue weighted by atomic mass is 16.2. The minimum Gasteiger partial charge on any atom is -0.325 e. The molecule has 3 nitrogen and oxygen atoms in total. The molecule has 0 unspecified atom stereocenters. The number of benzene rings is 1. The Labute approximate surface area is 97.0 Å². The van der Waals surface area contributed by atoms with Crippen LogP contribution in [0.5, 0.6) is 0 Å². The van der Waals surface area contributed by atoms with Crippen molar-refractivity contribution >= 4 is 11.6 Å². The maximum Gasteiger partial charge on any atom is 0.241 e. The number of carbonyl (C=O) groups excluding carboxylic acids is 1. The van der Waals surface area contributed by atoms with Crippen LogP contribution in [0.25, 0.3) is 0 Å². The Bertz CT molecular complexity index is 343. The van der Waals surface area contributed by atoms with E-state index >= 15 is 0 Å². The second kappa shape index (κ2) is 5.66. The first-order valence-corrected chi connectivity index (χ1v) is 5.62. The molecule has 0 saturated carbocycles. The van der Waals surface area contributed by atoms with E-state index in [1.165, 1.54) is 5.56 Å². The molecule has 16 heavy (non-hydrogen) atoms. The van der Waals surface area contributed by atoms with E-state index in [4.69, 9.17) is 5.73 Å². The molecule has 3 heteroatoms. The van der Waals surface area contributed by atoms with Crippen LogP contribution in [-0.2, 0) is 4.79 Å². The summed E-state index contributed by atoms with van der Waals surface area (Å²) in [5.41, 5.74) is 7.76. The summed E-state index contributed by atoms with van der Waals surface area (Å²) < 4.78 is 0. The van der Waals surface area contributed by atoms with Gasteiger partial charge in [-0.1, -0.05) is 31.5 Å². The monoisotopic (exact) mass is 220 g/mol. The molecular formula is C13H20N2O. The lowest BCUT2D eigenvalue weighted by Crippen LogP contribution is -2.36. The molecule has 88 valence electrons. The van der Waals surface area contributed by atoms with Gasteiger partial charge in [-0.25, -0.2) is 0 Å². The molecule has 0 saturated heterocycles. The van der Waals surface area contributed by atoms with Crippen LogP contribution in [0.15, 0.2) is 24.3 Å². The SMILES string of the molecule is Cc1ccc(NC(=O)[C@@H](N)CC(C)C)cc1. The Balaban J connectivity index is 2.54. The summed E-state index contributed by atoms with van der Waals surface area (Å²) in [6, 6.07) is 7.26. The largest absolute Gasteiger partial charge is 0.325 e. The summed E-state index contributed by atoms with van der Waals surface area (Å²) in [5, 5.41) is 2.81. The van der Waals surface area contributed by atoms with E-state index in [0.717, 1.165) is 5.69 Å². The minimum atomic E-state index is -0.429. The average Bonchev–Trinajstić information content (AvgIpc) is 2.20. The zero-order valence-electron chi connectivity index (χ0n) is 10.2. The molecular weight excluding hydrogens is 200 g/mol. The maximum absolute atomic E-state index is 11.7. The highest BCUT2D eigenvalue weighted by molar-refractivity contribution is 5.94. The van der Waals surface area contributed by atoms with E-state index in [9.17, 15) is 4.79 Å². The van der Waals surface area contributed by atoms with Crippen molar-refractivity contribution < 1.29 is 4.79 Å². The van der Waals surface area contributed by atoms with Crippen molar-refractivity contribution in [2.24, 2.45) is 11.7 Å². The smallest absolute Gasteiger partial charge is 0.241 e. The molecule has 0 heterocycles. The molecule has 0 spiro atoms. The molecule has 0 aliphatic heterocycles. The highest BCUT2D eigenvalue weighted by Crippen LogP contribution is 2.10. The van der Waals surface area contributed by atoms with E-state index in [1.54, 1.807) is 0 Å². The van der Waals surface area contributed by atoms with E-state index in [2.05, 4.69) is 19.2 Å². The van der Waals surface area contributed by atoms with Crippen LogP contribution < -0.4 is 11.1 Å². The van der Waals surface area contributed by atoms with Crippen LogP contribution in [0.1, 0.15) is 25.8 Å². The Hall–Kier alpha value is -1.35. The van der Waals surface area contributed by atoms with E-state index in [-0.39, 0.29) is 5.91 Å². The van der Waals surface area contributed by atoms with Gasteiger partial charge in [0.25, 0.3) is 0 Å². The van der Waals surface area contributed by atoms with Gasteiger partial charge in [0.15, 0.2) is 0 Å². The number of aryl methyl sites for hydroxylation is 1. The zero-order valence-corrected chi connectivity index (χ0v) is 10.2. The molecule has 1 aromatic rings. The molecule has 0 aliphatic rings. The minimum absolute atomic E-state index is 0.113. The van der Waals surface area contributed by atoms with Crippen LogP contribution in [-0.4, -0.2) is 11.9 Å². The number of nitrogens with two attached hydrogens (primary N) is 1. The van der Waals surface area contributed by atoms with Crippen molar-refractivity contribution in [2.75, 3.05) is 5.32 Å². The third kappa shape index (κ3) is 4.03. The standard InChI is InChI=1S/C13H20N2O/c1-9(2)8-12(14)13(16)15-11-6-4-10(3)5-7-11/h4-7,9,12H,8,14H2,1-3H3,(H,15,16)/t12-/m0/s1. The van der Waals surface area contributed by atoms with Crippen molar-refractivity contribution in [3.8, 4) is 0 Å². The Morgan fingerprint density at radius 3 is 2.38 bits per heavy atom. The van der Waals surface area contributed by atoms with Crippen molar-refractivity contribution in [3.63, 3.8) is 0 Å². The van der Waals surface area contributed by atoms with Crippen molar-refractivity contribution in [2.45, 2.75) is 33.2 Å². The second-order valence-electron chi connectivity index (χ2n) is 4.59. The van der Waals surface area contributed by atoms with E-state index < -0.39 is 6.04 Å². The van der Waals surface area contributed by atoms with Gasteiger partial charge in [-0.3, -0.25) is 4.79 Å². The number of rotatable bonds is 4. The van der Waals surface area contributed by atoms with Crippen LogP contribution in [0.2, 0.25) is 0 Å². The number of hydrogen-bond acceptors (Lipinski definition) is 2. The lowest BCUT2D eigenvalue weighted by molar-refractivity contribution is -0.117. The zero-order chi connectivity index (χ0) is 12.1. The Morgan fingerprint density at radius 2 is 1.88 bits per heavy atom. The van der Waals surface area contributed by atoms with E-state index in [0.29, 0.717) is 12.3 Å². The predicted octanol–water partition coefficient (Wildman–Crippen LogP) is 2.31. The summed E-state index contributed by atoms with van der Waals surface area (Å²) in [6.45, 7) is 6.12. The fourth-order valence-corrected chi connectivity index (χ4v) is 1.49. The number of nitrogens with one attached hydrogen (secondary N) is 1. The fraction of sp³-hybridized carbons (Fsp3) is 0.462. The summed E-state index contributed by atoms with van der Waals surface area (Å²) in [6.07, 6.45) is 0.706. The van der Waals surface area contributed by atoms with Gasteiger partial charge in [-0.15, -0.1) is 0 Å². The van der Waals surface area contributed by atoms with Crippen LogP contribution >= 0.6 is 0 Å². The van der Waals surface area contributed by atoms with Gasteiger partial charge < -0.3 is 11.1 Å². The molecule has 0 bridgehead atoms.